The van der Waals surface area contributed by atoms with Crippen molar-refractivity contribution in [1.82, 2.24) is 19.9 Å². The Morgan fingerprint density at radius 1 is 0.293 bits per heavy atom. The van der Waals surface area contributed by atoms with E-state index in [0.29, 0.717) is 28.2 Å². The van der Waals surface area contributed by atoms with Gasteiger partial charge in [-0.15, -0.1) is 0 Å². The van der Waals surface area contributed by atoms with Crippen LogP contribution in [0.2, 0.25) is 5.15 Å². The number of rotatable bonds is 8. The molecule has 0 saturated carbocycles. The minimum absolute atomic E-state index is 0.438. The molecule has 0 amide bonds. The van der Waals surface area contributed by atoms with Crippen molar-refractivity contribution in [3.63, 3.8) is 0 Å². The molecule has 0 radical (unpaired) electrons. The fourth-order valence-electron chi connectivity index (χ4n) is 17.4. The van der Waals surface area contributed by atoms with Crippen LogP contribution < -0.4 is 14.9 Å². The van der Waals surface area contributed by atoms with Gasteiger partial charge in [0, 0.05) is 61.2 Å². The monoisotopic (exact) mass is 1520 g/mol. The Kier molecular flexibility index (Phi) is 18.0. The zero-order chi connectivity index (χ0) is 79.0. The Morgan fingerprint density at radius 2 is 0.595 bits per heavy atom. The van der Waals surface area contributed by atoms with Crippen LogP contribution in [-0.4, -0.2) is 38.3 Å². The highest BCUT2D eigenvalue weighted by Crippen LogP contribution is 2.65. The van der Waals surface area contributed by atoms with Crippen molar-refractivity contribution in [2.45, 2.75) is 63.6 Å². The summed E-state index contributed by atoms with van der Waals surface area (Å²) in [7, 11) is -0.474. The molecule has 554 valence electrons. The molecule has 0 N–H and O–H groups in total. The topological polar surface area (TPSA) is 97.2 Å². The van der Waals surface area contributed by atoms with E-state index in [1.165, 1.54) is 44.5 Å². The first-order chi connectivity index (χ1) is 56.6. The van der Waals surface area contributed by atoms with Crippen LogP contribution in [0.25, 0.3) is 111 Å². The van der Waals surface area contributed by atoms with Gasteiger partial charge in [0.25, 0.3) is 0 Å². The molecule has 3 aliphatic heterocycles. The van der Waals surface area contributed by atoms with Crippen LogP contribution in [-0.2, 0) is 20.1 Å². The van der Waals surface area contributed by atoms with Gasteiger partial charge in [0.05, 0.1) is 52.3 Å². The molecule has 10 nitrogen and oxygen atoms in total. The molecule has 0 unspecified atom stereocenters. The highest BCUT2D eigenvalue weighted by Gasteiger charge is 2.56. The zero-order valence-corrected chi connectivity index (χ0v) is 65.4. The Bertz CT molecular complexity index is 6560. The van der Waals surface area contributed by atoms with Crippen LogP contribution in [0.15, 0.2) is 340 Å². The van der Waals surface area contributed by atoms with Crippen LogP contribution >= 0.6 is 11.6 Å². The highest BCUT2D eigenvalue weighted by molar-refractivity contribution is 6.62. The van der Waals surface area contributed by atoms with Crippen LogP contribution in [0.3, 0.4) is 0 Å². The molecular weight excluding hydrogens is 1440 g/mol. The highest BCUT2D eigenvalue weighted by atomic mass is 35.5. The quantitative estimate of drug-likeness (QED) is 0.0843. The van der Waals surface area contributed by atoms with Gasteiger partial charge in [-0.05, 0) is 156 Å². The molecule has 16 aromatic rings. The Hall–Kier alpha value is -13.9. The third kappa shape index (κ3) is 12.1. The second-order valence-electron chi connectivity index (χ2n) is 30.8. The molecule has 5 aliphatic rings. The number of hydrogen-bond acceptors (Lipinski definition) is 8. The summed E-state index contributed by atoms with van der Waals surface area (Å²) in [6, 6.07) is 117. The lowest BCUT2D eigenvalue weighted by Gasteiger charge is -2.39. The van der Waals surface area contributed by atoms with Gasteiger partial charge < -0.3 is 18.8 Å². The molecule has 116 heavy (non-hydrogen) atoms. The summed E-state index contributed by atoms with van der Waals surface area (Å²) in [6.45, 7) is 27.3. The molecule has 5 heterocycles. The number of para-hydroxylation sites is 4. The number of ether oxygens (including phenoxy) is 2. The van der Waals surface area contributed by atoms with E-state index in [1.54, 1.807) is 0 Å². The molecule has 12 heteroatoms. The van der Waals surface area contributed by atoms with E-state index in [9.17, 15) is 0 Å². The van der Waals surface area contributed by atoms with Gasteiger partial charge in [-0.25, -0.2) is 29.6 Å². The fraction of sp³-hybridized carbons (Fsp3) is 0.0962. The largest absolute Gasteiger partial charge is 0.494 e. The summed E-state index contributed by atoms with van der Waals surface area (Å²) < 4.78 is 26.3. The van der Waals surface area contributed by atoms with Crippen molar-refractivity contribution in [3.05, 3.63) is 423 Å². The van der Waals surface area contributed by atoms with E-state index in [-0.39, 0.29) is 0 Å². The van der Waals surface area contributed by atoms with Gasteiger partial charge in [-0.2, -0.15) is 0 Å². The van der Waals surface area contributed by atoms with E-state index >= 15 is 0 Å². The summed E-state index contributed by atoms with van der Waals surface area (Å²) in [5.41, 5.74) is 28.2. The first kappa shape index (κ1) is 72.3. The number of nitrogens with zero attached hydrogens (tertiary/aromatic N) is 6. The summed E-state index contributed by atoms with van der Waals surface area (Å²) >= 11 is 6.27. The van der Waals surface area contributed by atoms with Crippen LogP contribution in [0, 0.1) is 27.0 Å². The summed E-state index contributed by atoms with van der Waals surface area (Å²) in [5.74, 6) is 4.75. The van der Waals surface area contributed by atoms with Gasteiger partial charge in [0.1, 0.15) is 28.2 Å². The van der Waals surface area contributed by atoms with E-state index in [4.69, 9.17) is 53.5 Å². The molecule has 21 rings (SSSR count). The van der Waals surface area contributed by atoms with Crippen molar-refractivity contribution in [3.8, 4) is 124 Å². The van der Waals surface area contributed by atoms with Crippen molar-refractivity contribution in [2.75, 3.05) is 0 Å². The molecule has 2 spiro atoms. The van der Waals surface area contributed by atoms with E-state index in [2.05, 4.69) is 236 Å². The number of aromatic nitrogens is 4. The number of fused-ring (bicyclic) bond motifs is 18. The Balaban J connectivity index is 0.000000127. The Morgan fingerprint density at radius 3 is 0.983 bits per heavy atom. The number of halogens is 1. The summed E-state index contributed by atoms with van der Waals surface area (Å²) in [5, 5.41) is 0.498. The third-order valence-corrected chi connectivity index (χ3v) is 24.1. The fourth-order valence-corrected chi connectivity index (χ4v) is 17.5. The zero-order valence-electron chi connectivity index (χ0n) is 64.6. The summed E-state index contributed by atoms with van der Waals surface area (Å²) in [4.78, 5) is 26.7. The van der Waals surface area contributed by atoms with Gasteiger partial charge in [0.2, 0.25) is 0 Å². The van der Waals surface area contributed by atoms with Crippen LogP contribution in [0.4, 0.5) is 11.4 Å². The van der Waals surface area contributed by atoms with Crippen LogP contribution in [0.5, 0.6) is 23.0 Å². The van der Waals surface area contributed by atoms with Crippen molar-refractivity contribution >= 4 is 35.6 Å². The molecular formula is C104H74BClN6O4. The van der Waals surface area contributed by atoms with E-state index in [1.807, 2.05) is 165 Å². The average molecular weight is 1520 g/mol. The van der Waals surface area contributed by atoms with Crippen molar-refractivity contribution in [2.24, 2.45) is 0 Å². The lowest BCUT2D eigenvalue weighted by atomic mass is 9.64. The molecule has 1 saturated heterocycles. The number of benzene rings is 14. The minimum Gasteiger partial charge on any atom is -0.457 e. The predicted molar refractivity (Wildman–Crippen MR) is 466 cm³/mol. The maximum atomic E-state index is 7.47. The first-order valence-electron chi connectivity index (χ1n) is 38.9. The second-order valence-corrected chi connectivity index (χ2v) is 31.2. The smallest absolute Gasteiger partial charge is 0.457 e. The predicted octanol–water partition coefficient (Wildman–Crippen LogP) is 25.9. The van der Waals surface area contributed by atoms with Gasteiger partial charge in [-0.1, -0.05) is 309 Å². The molecule has 0 bridgehead atoms. The average Bonchev–Trinajstić information content (AvgIpc) is 1.50. The molecule has 14 aromatic carbocycles. The van der Waals surface area contributed by atoms with Crippen molar-refractivity contribution in [1.29, 1.82) is 0 Å². The van der Waals surface area contributed by atoms with E-state index < -0.39 is 29.2 Å². The van der Waals surface area contributed by atoms with E-state index in [0.717, 1.165) is 129 Å². The molecule has 2 aromatic heterocycles. The second kappa shape index (κ2) is 28.9. The van der Waals surface area contributed by atoms with Crippen molar-refractivity contribution < 1.29 is 18.8 Å². The molecule has 0 atom stereocenters. The lowest BCUT2D eigenvalue weighted by Crippen LogP contribution is -2.41. The maximum Gasteiger partial charge on any atom is 0.494 e. The van der Waals surface area contributed by atoms with Crippen LogP contribution in [0.1, 0.15) is 83.3 Å². The van der Waals surface area contributed by atoms with Gasteiger partial charge >= 0.3 is 7.12 Å². The molecule has 1 fully saturated rings. The minimum atomic E-state index is -0.663. The van der Waals surface area contributed by atoms with Gasteiger partial charge in [-0.3, -0.25) is 0 Å². The number of hydrogen-bond donors (Lipinski definition) is 0. The standard InChI is InChI=1S/C49H31N3O.C38H30BNO3.C17H13ClN2/c1-31-46(33-13-5-3-6-14-33)51-48(34-15-7-4-8-16-34)52-47(31)36-24-28-39-38-27-23-35(32-21-25-37(50-2)26-22-32)29-42(38)49(43(39)30-36)40-17-9-11-19-44(40)53-45-20-12-10-18-41(45)49;1-36(2)37(3,4)43-39(42-36)26-17-21-29-28-20-16-25(24-14-18-27(40-5)19-15-24)22-32(28)38(33(29)23-26)30-10-6-8-12-34(30)41-35-13-9-7-11-31(35)38;1-12-15(13-8-4-2-5-9-13)19-17(20-16(12)18)14-10-6-3-7-11-14/h3-30H,1H3;6-23H,1-4H3;2-11H,1H3. The lowest BCUT2D eigenvalue weighted by molar-refractivity contribution is 0.00578. The Labute approximate surface area is 680 Å². The normalized spacial score (nSPS) is 14.3. The first-order valence-corrected chi connectivity index (χ1v) is 39.3. The SMILES string of the molecule is Cc1c(Cl)nc(-c2ccccc2)nc1-c1ccccc1.[C-]#[N+]c1ccc(-c2ccc3c(c2)C2(c4ccccc4Oc4ccccc42)c2cc(-c4nc(-c5ccccc5)nc(-c5ccccc5)c4C)ccc2-3)cc1.[C-]#[N+]c1ccc(-c2ccc3c(c2)C2(c4ccccc4Oc4ccccc42)c2cc(B4OC(C)(C)C(C)(C)O4)ccc2-3)cc1. The third-order valence-electron chi connectivity index (χ3n) is 23.8. The van der Waals surface area contributed by atoms with Gasteiger partial charge in [0.15, 0.2) is 23.0 Å². The maximum absolute atomic E-state index is 7.47. The molecule has 2 aliphatic carbocycles. The summed E-state index contributed by atoms with van der Waals surface area (Å²) in [6.07, 6.45) is 0.